The molecule has 0 saturated heterocycles. The van der Waals surface area contributed by atoms with Crippen molar-refractivity contribution in [2.75, 3.05) is 5.32 Å². The third-order valence-corrected chi connectivity index (χ3v) is 2.96. The van der Waals surface area contributed by atoms with Gasteiger partial charge in [-0.2, -0.15) is 0 Å². The van der Waals surface area contributed by atoms with Crippen molar-refractivity contribution in [3.05, 3.63) is 58.2 Å². The first-order valence-electron chi connectivity index (χ1n) is 5.29. The lowest BCUT2D eigenvalue weighted by Gasteiger charge is -2.15. The Morgan fingerprint density at radius 1 is 1.18 bits per heavy atom. The number of hydrogen-bond acceptors (Lipinski definition) is 2. The predicted molar refractivity (Wildman–Crippen MR) is 72.7 cm³/mol. The van der Waals surface area contributed by atoms with Gasteiger partial charge in [0.25, 0.3) is 0 Å². The lowest BCUT2D eigenvalue weighted by atomic mass is 10.1. The van der Waals surface area contributed by atoms with Crippen LogP contribution in [0.4, 0.5) is 5.82 Å². The van der Waals surface area contributed by atoms with Gasteiger partial charge in [0.2, 0.25) is 0 Å². The predicted octanol–water partition coefficient (Wildman–Crippen LogP) is 4.56. The highest BCUT2D eigenvalue weighted by Crippen LogP contribution is 2.26. The van der Waals surface area contributed by atoms with Crippen LogP contribution in [-0.4, -0.2) is 4.98 Å². The molecule has 1 N–H and O–H groups in total. The van der Waals surface area contributed by atoms with Crippen LogP contribution in [0.25, 0.3) is 0 Å². The van der Waals surface area contributed by atoms with Crippen LogP contribution in [-0.2, 0) is 0 Å². The highest BCUT2D eigenvalue weighted by atomic mass is 35.5. The van der Waals surface area contributed by atoms with Crippen LogP contribution in [0, 0.1) is 0 Å². The minimum Gasteiger partial charge on any atom is -0.362 e. The lowest BCUT2D eigenvalue weighted by Crippen LogP contribution is -2.08. The molecular weight excluding hydrogens is 255 g/mol. The van der Waals surface area contributed by atoms with Gasteiger partial charge < -0.3 is 5.32 Å². The van der Waals surface area contributed by atoms with Crippen LogP contribution >= 0.6 is 23.2 Å². The van der Waals surface area contributed by atoms with Crippen molar-refractivity contribution in [2.45, 2.75) is 13.0 Å². The molecule has 1 heterocycles. The molecule has 1 atom stereocenters. The quantitative estimate of drug-likeness (QED) is 0.881. The van der Waals surface area contributed by atoms with Crippen molar-refractivity contribution in [1.29, 1.82) is 0 Å². The Labute approximate surface area is 111 Å². The molecule has 0 aliphatic heterocycles. The van der Waals surface area contributed by atoms with E-state index in [1.165, 1.54) is 5.56 Å². The minimum absolute atomic E-state index is 0.141. The maximum absolute atomic E-state index is 6.05. The summed E-state index contributed by atoms with van der Waals surface area (Å²) < 4.78 is 0. The average Bonchev–Trinajstić information content (AvgIpc) is 2.34. The number of nitrogens with one attached hydrogen (secondary N) is 1. The Bertz CT molecular complexity index is 500. The zero-order chi connectivity index (χ0) is 12.3. The molecule has 0 aliphatic carbocycles. The molecule has 0 spiro atoms. The highest BCUT2D eigenvalue weighted by molar-refractivity contribution is 6.35. The van der Waals surface area contributed by atoms with Crippen molar-refractivity contribution in [3.63, 3.8) is 0 Å². The second-order valence-electron chi connectivity index (χ2n) is 3.76. The van der Waals surface area contributed by atoms with Gasteiger partial charge in [-0.3, -0.25) is 0 Å². The molecular formula is C13H12Cl2N2. The summed E-state index contributed by atoms with van der Waals surface area (Å²) in [7, 11) is 0. The Kier molecular flexibility index (Phi) is 3.87. The zero-order valence-corrected chi connectivity index (χ0v) is 10.8. The van der Waals surface area contributed by atoms with Crippen molar-refractivity contribution < 1.29 is 0 Å². The maximum Gasteiger partial charge on any atom is 0.145 e. The van der Waals surface area contributed by atoms with Crippen LogP contribution < -0.4 is 5.32 Å². The Balaban J connectivity index is 2.16. The fourth-order valence-electron chi connectivity index (χ4n) is 1.55. The zero-order valence-electron chi connectivity index (χ0n) is 9.32. The number of rotatable bonds is 3. The second kappa shape index (κ2) is 5.39. The van der Waals surface area contributed by atoms with Gasteiger partial charge in [-0.15, -0.1) is 0 Å². The molecule has 0 bridgehead atoms. The van der Waals surface area contributed by atoms with E-state index < -0.39 is 0 Å². The number of nitrogens with zero attached hydrogens (tertiary/aromatic N) is 1. The monoisotopic (exact) mass is 266 g/mol. The molecule has 17 heavy (non-hydrogen) atoms. The summed E-state index contributed by atoms with van der Waals surface area (Å²) in [5.74, 6) is 0.646. The molecule has 0 aliphatic rings. The molecule has 0 radical (unpaired) electrons. The first kappa shape index (κ1) is 12.2. The van der Waals surface area contributed by atoms with E-state index in [2.05, 4.69) is 29.4 Å². The van der Waals surface area contributed by atoms with Crippen molar-refractivity contribution >= 4 is 29.0 Å². The molecule has 1 aromatic heterocycles. The van der Waals surface area contributed by atoms with Gasteiger partial charge in [-0.1, -0.05) is 53.5 Å². The fourth-order valence-corrected chi connectivity index (χ4v) is 1.99. The van der Waals surface area contributed by atoms with E-state index in [0.29, 0.717) is 15.9 Å². The first-order chi connectivity index (χ1) is 8.16. The van der Waals surface area contributed by atoms with E-state index >= 15 is 0 Å². The van der Waals surface area contributed by atoms with Crippen molar-refractivity contribution in [2.24, 2.45) is 0 Å². The lowest BCUT2D eigenvalue weighted by molar-refractivity contribution is 0.875. The maximum atomic E-state index is 6.05. The van der Waals surface area contributed by atoms with Crippen LogP contribution in [0.5, 0.6) is 0 Å². The molecule has 1 aromatic carbocycles. The summed E-state index contributed by atoms with van der Waals surface area (Å²) in [4.78, 5) is 4.17. The number of pyridine rings is 1. The molecule has 2 aromatic rings. The van der Waals surface area contributed by atoms with E-state index in [9.17, 15) is 0 Å². The van der Waals surface area contributed by atoms with Crippen LogP contribution in [0.3, 0.4) is 0 Å². The van der Waals surface area contributed by atoms with Crippen molar-refractivity contribution in [3.8, 4) is 0 Å². The van der Waals surface area contributed by atoms with Gasteiger partial charge in [0.05, 0.1) is 10.0 Å². The normalized spacial score (nSPS) is 12.2. The number of halogens is 2. The number of benzene rings is 1. The SMILES string of the molecule is CC(Nc1ncc(Cl)cc1Cl)c1ccccc1. The summed E-state index contributed by atoms with van der Waals surface area (Å²) in [6.45, 7) is 2.06. The Morgan fingerprint density at radius 2 is 1.88 bits per heavy atom. The smallest absolute Gasteiger partial charge is 0.145 e. The fraction of sp³-hybridized carbons (Fsp3) is 0.154. The molecule has 0 fully saturated rings. The largest absolute Gasteiger partial charge is 0.362 e. The van der Waals surface area contributed by atoms with Gasteiger partial charge in [0.1, 0.15) is 5.82 Å². The van der Waals surface area contributed by atoms with Crippen molar-refractivity contribution in [1.82, 2.24) is 4.98 Å². The van der Waals surface area contributed by atoms with Gasteiger partial charge in [0.15, 0.2) is 0 Å². The third-order valence-electron chi connectivity index (χ3n) is 2.46. The standard InChI is InChI=1S/C13H12Cl2N2/c1-9(10-5-3-2-4-6-10)17-13-12(15)7-11(14)8-16-13/h2-9H,1H3,(H,16,17). The Hall–Kier alpha value is -1.25. The van der Waals surface area contributed by atoms with E-state index in [4.69, 9.17) is 23.2 Å². The summed E-state index contributed by atoms with van der Waals surface area (Å²) in [6, 6.07) is 11.9. The third kappa shape index (κ3) is 3.11. The molecule has 0 saturated carbocycles. The first-order valence-corrected chi connectivity index (χ1v) is 6.05. The van der Waals surface area contributed by atoms with E-state index in [1.807, 2.05) is 18.2 Å². The van der Waals surface area contributed by atoms with E-state index in [0.717, 1.165) is 0 Å². The van der Waals surface area contributed by atoms with Crippen LogP contribution in [0.15, 0.2) is 42.6 Å². The molecule has 88 valence electrons. The molecule has 1 unspecified atom stereocenters. The molecule has 4 heteroatoms. The van der Waals surface area contributed by atoms with Crippen LogP contribution in [0.2, 0.25) is 10.0 Å². The molecule has 0 amide bonds. The van der Waals surface area contributed by atoms with E-state index in [-0.39, 0.29) is 6.04 Å². The number of anilines is 1. The molecule has 2 rings (SSSR count). The average molecular weight is 267 g/mol. The van der Waals surface area contributed by atoms with E-state index in [1.54, 1.807) is 12.3 Å². The summed E-state index contributed by atoms with van der Waals surface area (Å²) >= 11 is 11.8. The topological polar surface area (TPSA) is 24.9 Å². The van der Waals surface area contributed by atoms with Gasteiger partial charge >= 0.3 is 0 Å². The van der Waals surface area contributed by atoms with Gasteiger partial charge in [-0.05, 0) is 18.6 Å². The van der Waals surface area contributed by atoms with Gasteiger partial charge in [0, 0.05) is 12.2 Å². The number of aromatic nitrogens is 1. The summed E-state index contributed by atoms with van der Waals surface area (Å²) in [5, 5.41) is 4.32. The minimum atomic E-state index is 0.141. The summed E-state index contributed by atoms with van der Waals surface area (Å²) in [6.07, 6.45) is 1.58. The second-order valence-corrected chi connectivity index (χ2v) is 4.60. The van der Waals surface area contributed by atoms with Gasteiger partial charge in [-0.25, -0.2) is 4.98 Å². The highest BCUT2D eigenvalue weighted by Gasteiger charge is 2.08. The Morgan fingerprint density at radius 3 is 2.53 bits per heavy atom. The number of hydrogen-bond donors (Lipinski definition) is 1. The molecule has 2 nitrogen and oxygen atoms in total. The van der Waals surface area contributed by atoms with Crippen LogP contribution in [0.1, 0.15) is 18.5 Å². The summed E-state index contributed by atoms with van der Waals surface area (Å²) in [5.41, 5.74) is 1.18.